The van der Waals surface area contributed by atoms with Gasteiger partial charge >= 0.3 is 5.97 Å². The zero-order valence-electron chi connectivity index (χ0n) is 14.6. The fourth-order valence-electron chi connectivity index (χ4n) is 2.84. The van der Waals surface area contributed by atoms with Crippen molar-refractivity contribution in [1.29, 1.82) is 0 Å². The average Bonchev–Trinajstić information content (AvgIpc) is 3.09. The number of ether oxygens (including phenoxy) is 1. The molecule has 28 heavy (non-hydrogen) atoms. The summed E-state index contributed by atoms with van der Waals surface area (Å²) in [5.74, 6) is -2.25. The van der Waals surface area contributed by atoms with Gasteiger partial charge in [-0.15, -0.1) is 23.1 Å². The van der Waals surface area contributed by atoms with E-state index in [-0.39, 0.29) is 28.8 Å². The van der Waals surface area contributed by atoms with Crippen LogP contribution in [-0.2, 0) is 19.1 Å². The van der Waals surface area contributed by atoms with Crippen molar-refractivity contribution in [2.75, 3.05) is 24.7 Å². The maximum atomic E-state index is 12.5. The lowest BCUT2D eigenvalue weighted by molar-refractivity contribution is -0.150. The maximum absolute atomic E-state index is 12.5. The van der Waals surface area contributed by atoms with E-state index in [0.29, 0.717) is 17.9 Å². The number of amides is 2. The number of hydrogen-bond acceptors (Lipinski definition) is 10. The number of carbonyl (C=O) groups excluding carboxylic acids is 2. The molecule has 2 aliphatic heterocycles. The standard InChI is InChI=1S/C15H17N5O6S2/c1-2-26-3-6-4-27-13-9(12(22)20(13)10(6)14(23)24)18-11(21)8(19-25)7-5-28-15(16)17-7/h5,9,13,25H,2-4H2,1H3,(H2,16,17)(H,18,21)(H,23,24)/t9?,13-/m1/s1. The Hall–Kier alpha value is -2.64. The molecule has 3 rings (SSSR count). The highest BCUT2D eigenvalue weighted by molar-refractivity contribution is 8.00. The Balaban J connectivity index is 1.75. The molecular weight excluding hydrogens is 410 g/mol. The van der Waals surface area contributed by atoms with Gasteiger partial charge in [0.25, 0.3) is 11.8 Å². The SMILES string of the molecule is CCOCC1=C(C(=O)O)N2C(=O)C(NC(=O)C(=NO)c3csc(N)n3)[C@H]2SC1. The molecule has 2 amide bonds. The van der Waals surface area contributed by atoms with E-state index in [1.165, 1.54) is 17.1 Å². The van der Waals surface area contributed by atoms with E-state index >= 15 is 0 Å². The number of carboxylic acids is 1. The second kappa shape index (κ2) is 8.16. The van der Waals surface area contributed by atoms with Gasteiger partial charge in [0.2, 0.25) is 0 Å². The highest BCUT2D eigenvalue weighted by atomic mass is 32.2. The summed E-state index contributed by atoms with van der Waals surface area (Å²) < 4.78 is 5.28. The largest absolute Gasteiger partial charge is 0.477 e. The third-order valence-corrected chi connectivity index (χ3v) is 6.11. The summed E-state index contributed by atoms with van der Waals surface area (Å²) in [6, 6.07) is -0.951. The molecule has 0 radical (unpaired) electrons. The van der Waals surface area contributed by atoms with Gasteiger partial charge in [-0.3, -0.25) is 14.5 Å². The van der Waals surface area contributed by atoms with Crippen LogP contribution in [0.5, 0.6) is 0 Å². The number of nitrogens with zero attached hydrogens (tertiary/aromatic N) is 3. The Labute approximate surface area is 167 Å². The average molecular weight is 427 g/mol. The molecule has 1 saturated heterocycles. The lowest BCUT2D eigenvalue weighted by atomic mass is 10.0. The first-order valence-electron chi connectivity index (χ1n) is 8.11. The number of aliphatic carboxylic acids is 1. The van der Waals surface area contributed by atoms with E-state index < -0.39 is 29.2 Å². The molecule has 1 aromatic rings. The fraction of sp³-hybridized carbons (Fsp3) is 0.400. The van der Waals surface area contributed by atoms with Gasteiger partial charge in [-0.2, -0.15) is 0 Å². The molecule has 1 aromatic heterocycles. The summed E-state index contributed by atoms with van der Waals surface area (Å²) >= 11 is 2.38. The van der Waals surface area contributed by atoms with E-state index in [1.807, 2.05) is 0 Å². The molecule has 1 unspecified atom stereocenters. The minimum atomic E-state index is -1.23. The number of rotatable bonds is 7. The van der Waals surface area contributed by atoms with Crippen LogP contribution in [0.15, 0.2) is 21.8 Å². The Bertz CT molecular complexity index is 882. The van der Waals surface area contributed by atoms with Crippen LogP contribution in [0, 0.1) is 0 Å². The number of hydrogen-bond donors (Lipinski definition) is 4. The molecule has 150 valence electrons. The van der Waals surface area contributed by atoms with Crippen molar-refractivity contribution in [2.24, 2.45) is 5.16 Å². The number of nitrogens with one attached hydrogen (secondary N) is 1. The maximum Gasteiger partial charge on any atom is 0.352 e. The molecule has 0 aliphatic carbocycles. The predicted molar refractivity (Wildman–Crippen MR) is 101 cm³/mol. The molecule has 2 atom stereocenters. The van der Waals surface area contributed by atoms with E-state index in [0.717, 1.165) is 16.2 Å². The van der Waals surface area contributed by atoms with Crippen LogP contribution in [0.2, 0.25) is 0 Å². The van der Waals surface area contributed by atoms with Crippen LogP contribution in [0.1, 0.15) is 12.6 Å². The molecular formula is C15H17N5O6S2. The molecule has 13 heteroatoms. The van der Waals surface area contributed by atoms with Crippen LogP contribution in [0.25, 0.3) is 0 Å². The van der Waals surface area contributed by atoms with Gasteiger partial charge in [-0.25, -0.2) is 9.78 Å². The second-order valence-electron chi connectivity index (χ2n) is 5.77. The number of carboxylic acid groups (broad SMARTS) is 1. The lowest BCUT2D eigenvalue weighted by Crippen LogP contribution is -2.71. The monoisotopic (exact) mass is 427 g/mol. The number of oxime groups is 1. The zero-order valence-corrected chi connectivity index (χ0v) is 16.2. The minimum absolute atomic E-state index is 0.0764. The second-order valence-corrected chi connectivity index (χ2v) is 7.77. The van der Waals surface area contributed by atoms with Crippen molar-refractivity contribution >= 4 is 51.7 Å². The van der Waals surface area contributed by atoms with Crippen LogP contribution in [0.3, 0.4) is 0 Å². The number of thioether (sulfide) groups is 1. The number of nitrogen functional groups attached to an aromatic ring is 1. The van der Waals surface area contributed by atoms with Gasteiger partial charge in [-0.1, -0.05) is 5.16 Å². The molecule has 0 aromatic carbocycles. The van der Waals surface area contributed by atoms with Crippen LogP contribution >= 0.6 is 23.1 Å². The number of β-lactam (4-membered cyclic amide) rings is 1. The van der Waals surface area contributed by atoms with E-state index in [1.54, 1.807) is 6.92 Å². The zero-order chi connectivity index (χ0) is 20.4. The summed E-state index contributed by atoms with van der Waals surface area (Å²) in [4.78, 5) is 41.6. The number of fused-ring (bicyclic) bond motifs is 1. The highest BCUT2D eigenvalue weighted by Gasteiger charge is 2.54. The molecule has 1 fully saturated rings. The number of aromatic nitrogens is 1. The van der Waals surface area contributed by atoms with Crippen molar-refractivity contribution < 1.29 is 29.4 Å². The normalized spacial score (nSPS) is 22.0. The van der Waals surface area contributed by atoms with Gasteiger partial charge in [0.1, 0.15) is 22.8 Å². The van der Waals surface area contributed by atoms with Crippen molar-refractivity contribution in [3.63, 3.8) is 0 Å². The molecule has 11 nitrogen and oxygen atoms in total. The van der Waals surface area contributed by atoms with Gasteiger partial charge in [-0.05, 0) is 12.5 Å². The molecule has 0 bridgehead atoms. The van der Waals surface area contributed by atoms with Crippen molar-refractivity contribution in [1.82, 2.24) is 15.2 Å². The van der Waals surface area contributed by atoms with Crippen molar-refractivity contribution in [3.8, 4) is 0 Å². The van der Waals surface area contributed by atoms with Gasteiger partial charge in [0, 0.05) is 17.7 Å². The Morgan fingerprint density at radius 3 is 2.86 bits per heavy atom. The van der Waals surface area contributed by atoms with E-state index in [9.17, 15) is 19.5 Å². The van der Waals surface area contributed by atoms with Gasteiger partial charge < -0.3 is 26.1 Å². The van der Waals surface area contributed by atoms with Gasteiger partial charge in [0.15, 0.2) is 10.8 Å². The molecule has 0 saturated carbocycles. The predicted octanol–water partition coefficient (Wildman–Crippen LogP) is -0.321. The molecule has 0 spiro atoms. The topological polar surface area (TPSA) is 167 Å². The summed E-state index contributed by atoms with van der Waals surface area (Å²) in [6.45, 7) is 2.32. The third kappa shape index (κ3) is 3.55. The highest BCUT2D eigenvalue weighted by Crippen LogP contribution is 2.40. The van der Waals surface area contributed by atoms with Gasteiger partial charge in [0.05, 0.1) is 6.61 Å². The summed E-state index contributed by atoms with van der Waals surface area (Å²) in [5, 5.41) is 25.1. The first kappa shape index (κ1) is 20.1. The van der Waals surface area contributed by atoms with E-state index in [4.69, 9.17) is 15.7 Å². The first-order chi connectivity index (χ1) is 13.4. The summed E-state index contributed by atoms with van der Waals surface area (Å²) in [5.41, 5.74) is 5.60. The molecule has 2 aliphatic rings. The third-order valence-electron chi connectivity index (χ3n) is 4.10. The molecule has 3 heterocycles. The number of carbonyl (C=O) groups is 3. The summed E-state index contributed by atoms with van der Waals surface area (Å²) in [6.07, 6.45) is 0. The Kier molecular flexibility index (Phi) is 5.86. The fourth-order valence-corrected chi connectivity index (χ4v) is 4.71. The van der Waals surface area contributed by atoms with Crippen LogP contribution in [-0.4, -0.2) is 74.1 Å². The summed E-state index contributed by atoms with van der Waals surface area (Å²) in [7, 11) is 0. The van der Waals surface area contributed by atoms with Crippen LogP contribution in [0.4, 0.5) is 5.13 Å². The lowest BCUT2D eigenvalue weighted by Gasteiger charge is -2.49. The van der Waals surface area contributed by atoms with Crippen molar-refractivity contribution in [3.05, 3.63) is 22.3 Å². The smallest absolute Gasteiger partial charge is 0.352 e. The van der Waals surface area contributed by atoms with Crippen LogP contribution < -0.4 is 11.1 Å². The molecule has 5 N–H and O–H groups in total. The van der Waals surface area contributed by atoms with Crippen molar-refractivity contribution in [2.45, 2.75) is 18.3 Å². The minimum Gasteiger partial charge on any atom is -0.477 e. The Morgan fingerprint density at radius 1 is 1.54 bits per heavy atom. The van der Waals surface area contributed by atoms with E-state index in [2.05, 4.69) is 15.5 Å². The number of thiazole rings is 1. The quantitative estimate of drug-likeness (QED) is 0.197. The number of anilines is 1. The number of nitrogens with two attached hydrogens (primary N) is 1. The first-order valence-corrected chi connectivity index (χ1v) is 10.0. The Morgan fingerprint density at radius 2 is 2.29 bits per heavy atom.